The molecule has 2 heteroatoms. The SMILES string of the molecule is CCC(C)CCCC(C)C/C=C/C(C)=C/C(=O)OC(C)(C)C. The Morgan fingerprint density at radius 3 is 2.27 bits per heavy atom. The fourth-order valence-electron chi connectivity index (χ4n) is 2.19. The Morgan fingerprint density at radius 1 is 1.14 bits per heavy atom. The van der Waals surface area contributed by atoms with Crippen molar-refractivity contribution in [3.63, 3.8) is 0 Å². The summed E-state index contributed by atoms with van der Waals surface area (Å²) in [6, 6.07) is 0. The van der Waals surface area contributed by atoms with Crippen molar-refractivity contribution in [2.24, 2.45) is 11.8 Å². The Kier molecular flexibility index (Phi) is 10.1. The second kappa shape index (κ2) is 10.6. The first kappa shape index (κ1) is 20.9. The maximum atomic E-state index is 11.7. The fraction of sp³-hybridized carbons (Fsp3) is 0.750. The second-order valence-electron chi connectivity index (χ2n) is 7.61. The maximum Gasteiger partial charge on any atom is 0.331 e. The van der Waals surface area contributed by atoms with Gasteiger partial charge in [-0.3, -0.25) is 0 Å². The Hall–Kier alpha value is -1.05. The molecule has 0 N–H and O–H groups in total. The molecule has 0 aliphatic rings. The van der Waals surface area contributed by atoms with Crippen molar-refractivity contribution in [1.29, 1.82) is 0 Å². The van der Waals surface area contributed by atoms with Crippen LogP contribution in [0, 0.1) is 11.8 Å². The summed E-state index contributed by atoms with van der Waals surface area (Å²) < 4.78 is 5.27. The van der Waals surface area contributed by atoms with Crippen LogP contribution in [-0.4, -0.2) is 11.6 Å². The number of hydrogen-bond donors (Lipinski definition) is 0. The number of carbonyl (C=O) groups excluding carboxylic acids is 1. The third-order valence-corrected chi connectivity index (χ3v) is 3.76. The van der Waals surface area contributed by atoms with Gasteiger partial charge < -0.3 is 4.74 Å². The van der Waals surface area contributed by atoms with Crippen molar-refractivity contribution in [2.75, 3.05) is 0 Å². The molecular formula is C20H36O2. The Balaban J connectivity index is 4.07. The summed E-state index contributed by atoms with van der Waals surface area (Å²) in [7, 11) is 0. The average Bonchev–Trinajstić information content (AvgIpc) is 2.35. The molecule has 0 amide bonds. The molecule has 2 unspecified atom stereocenters. The Bertz CT molecular complexity index is 372. The molecule has 0 aromatic rings. The maximum absolute atomic E-state index is 11.7. The minimum absolute atomic E-state index is 0.267. The van der Waals surface area contributed by atoms with Gasteiger partial charge in [-0.25, -0.2) is 4.79 Å². The first-order valence-electron chi connectivity index (χ1n) is 8.71. The van der Waals surface area contributed by atoms with Crippen molar-refractivity contribution in [3.05, 3.63) is 23.8 Å². The van der Waals surface area contributed by atoms with Crippen molar-refractivity contribution in [1.82, 2.24) is 0 Å². The van der Waals surface area contributed by atoms with Gasteiger partial charge in [0.2, 0.25) is 0 Å². The predicted molar refractivity (Wildman–Crippen MR) is 95.8 cm³/mol. The summed E-state index contributed by atoms with van der Waals surface area (Å²) in [5.41, 5.74) is 0.517. The number of carbonyl (C=O) groups is 1. The minimum atomic E-state index is -0.429. The lowest BCUT2D eigenvalue weighted by Gasteiger charge is -2.18. The van der Waals surface area contributed by atoms with Crippen LogP contribution in [0.5, 0.6) is 0 Å². The zero-order chi connectivity index (χ0) is 17.2. The number of ether oxygens (including phenoxy) is 1. The van der Waals surface area contributed by atoms with E-state index in [-0.39, 0.29) is 5.97 Å². The molecule has 0 rings (SSSR count). The molecule has 0 aromatic carbocycles. The van der Waals surface area contributed by atoms with Gasteiger partial charge in [-0.2, -0.15) is 0 Å². The Morgan fingerprint density at radius 2 is 1.73 bits per heavy atom. The third-order valence-electron chi connectivity index (χ3n) is 3.76. The zero-order valence-corrected chi connectivity index (χ0v) is 15.7. The molecule has 0 heterocycles. The monoisotopic (exact) mass is 308 g/mol. The topological polar surface area (TPSA) is 26.3 Å². The average molecular weight is 309 g/mol. The van der Waals surface area contributed by atoms with E-state index < -0.39 is 5.60 Å². The van der Waals surface area contributed by atoms with Crippen LogP contribution in [0.25, 0.3) is 0 Å². The Labute approximate surface area is 138 Å². The van der Waals surface area contributed by atoms with Gasteiger partial charge in [0.1, 0.15) is 5.60 Å². The summed E-state index contributed by atoms with van der Waals surface area (Å²) in [6.07, 6.45) is 12.0. The fourth-order valence-corrected chi connectivity index (χ4v) is 2.19. The summed E-state index contributed by atoms with van der Waals surface area (Å²) in [6.45, 7) is 14.5. The third kappa shape index (κ3) is 12.7. The van der Waals surface area contributed by atoms with Crippen molar-refractivity contribution in [3.8, 4) is 0 Å². The van der Waals surface area contributed by atoms with E-state index in [1.54, 1.807) is 6.08 Å². The van der Waals surface area contributed by atoms with Gasteiger partial charge in [-0.05, 0) is 51.5 Å². The van der Waals surface area contributed by atoms with Gasteiger partial charge >= 0.3 is 5.97 Å². The standard InChI is InChI=1S/C20H36O2/c1-8-16(2)11-9-12-17(3)13-10-14-18(4)15-19(21)22-20(5,6)7/h10,14-17H,8-9,11-13H2,1-7H3/b14-10+,18-15+. The van der Waals surface area contributed by atoms with Gasteiger partial charge in [0, 0.05) is 6.08 Å². The van der Waals surface area contributed by atoms with Crippen LogP contribution in [0.4, 0.5) is 0 Å². The highest BCUT2D eigenvalue weighted by molar-refractivity contribution is 5.83. The van der Waals surface area contributed by atoms with Crippen LogP contribution in [0.15, 0.2) is 23.8 Å². The highest BCUT2D eigenvalue weighted by Crippen LogP contribution is 2.17. The van der Waals surface area contributed by atoms with E-state index in [1.807, 2.05) is 33.8 Å². The zero-order valence-electron chi connectivity index (χ0n) is 15.7. The first-order chi connectivity index (χ1) is 10.1. The van der Waals surface area contributed by atoms with Crippen LogP contribution in [-0.2, 0) is 9.53 Å². The smallest absolute Gasteiger partial charge is 0.331 e. The number of hydrogen-bond acceptors (Lipinski definition) is 2. The molecular weight excluding hydrogens is 272 g/mol. The lowest BCUT2D eigenvalue weighted by atomic mass is 9.95. The number of allylic oxidation sites excluding steroid dienone is 3. The van der Waals surface area contributed by atoms with E-state index in [0.29, 0.717) is 5.92 Å². The minimum Gasteiger partial charge on any atom is -0.457 e. The van der Waals surface area contributed by atoms with Crippen LogP contribution in [0.1, 0.15) is 80.6 Å². The van der Waals surface area contributed by atoms with Crippen LogP contribution in [0.2, 0.25) is 0 Å². The van der Waals surface area contributed by atoms with E-state index in [1.165, 1.54) is 25.7 Å². The molecule has 0 aliphatic heterocycles. The molecule has 0 radical (unpaired) electrons. The van der Waals surface area contributed by atoms with E-state index in [0.717, 1.165) is 17.9 Å². The van der Waals surface area contributed by atoms with Gasteiger partial charge in [-0.15, -0.1) is 0 Å². The molecule has 0 saturated carbocycles. The molecule has 0 fully saturated rings. The molecule has 0 aliphatic carbocycles. The van der Waals surface area contributed by atoms with Gasteiger partial charge in [-0.1, -0.05) is 58.6 Å². The van der Waals surface area contributed by atoms with Crippen molar-refractivity contribution < 1.29 is 9.53 Å². The van der Waals surface area contributed by atoms with Gasteiger partial charge in [0.25, 0.3) is 0 Å². The van der Waals surface area contributed by atoms with Gasteiger partial charge in [0.05, 0.1) is 0 Å². The van der Waals surface area contributed by atoms with Crippen LogP contribution >= 0.6 is 0 Å². The quantitative estimate of drug-likeness (QED) is 0.293. The lowest BCUT2D eigenvalue weighted by Crippen LogP contribution is -2.22. The molecule has 0 spiro atoms. The number of rotatable bonds is 9. The van der Waals surface area contributed by atoms with Crippen molar-refractivity contribution in [2.45, 2.75) is 86.2 Å². The van der Waals surface area contributed by atoms with E-state index >= 15 is 0 Å². The van der Waals surface area contributed by atoms with E-state index in [4.69, 9.17) is 4.74 Å². The van der Waals surface area contributed by atoms with E-state index in [9.17, 15) is 4.79 Å². The molecule has 2 atom stereocenters. The highest BCUT2D eigenvalue weighted by Gasteiger charge is 2.14. The molecule has 128 valence electrons. The van der Waals surface area contributed by atoms with Crippen LogP contribution < -0.4 is 0 Å². The lowest BCUT2D eigenvalue weighted by molar-refractivity contribution is -0.148. The highest BCUT2D eigenvalue weighted by atomic mass is 16.6. The second-order valence-corrected chi connectivity index (χ2v) is 7.61. The molecule has 0 aromatic heterocycles. The summed E-state index contributed by atoms with van der Waals surface area (Å²) in [4.78, 5) is 11.7. The first-order valence-corrected chi connectivity index (χ1v) is 8.71. The normalized spacial score (nSPS) is 15.9. The van der Waals surface area contributed by atoms with E-state index in [2.05, 4.69) is 26.8 Å². The van der Waals surface area contributed by atoms with Gasteiger partial charge in [0.15, 0.2) is 0 Å². The van der Waals surface area contributed by atoms with Crippen LogP contribution in [0.3, 0.4) is 0 Å². The molecule has 0 saturated heterocycles. The molecule has 0 bridgehead atoms. The molecule has 22 heavy (non-hydrogen) atoms. The summed E-state index contributed by atoms with van der Waals surface area (Å²) in [5.74, 6) is 1.28. The van der Waals surface area contributed by atoms with Crippen molar-refractivity contribution >= 4 is 5.97 Å². The predicted octanol–water partition coefficient (Wildman–Crippen LogP) is 6.07. The largest absolute Gasteiger partial charge is 0.457 e. The summed E-state index contributed by atoms with van der Waals surface area (Å²) in [5, 5.41) is 0. The molecule has 2 nitrogen and oxygen atoms in total. The summed E-state index contributed by atoms with van der Waals surface area (Å²) >= 11 is 0. The number of esters is 1.